The van der Waals surface area contributed by atoms with Crippen molar-refractivity contribution in [3.05, 3.63) is 0 Å². The van der Waals surface area contributed by atoms with Gasteiger partial charge in [0.1, 0.15) is 0 Å². The summed E-state index contributed by atoms with van der Waals surface area (Å²) >= 11 is 0. The summed E-state index contributed by atoms with van der Waals surface area (Å²) in [5.41, 5.74) is 0. The van der Waals surface area contributed by atoms with Crippen molar-refractivity contribution in [2.75, 3.05) is 20.2 Å². The molecule has 0 saturated carbocycles. The zero-order chi connectivity index (χ0) is 9.26. The Bertz CT molecular complexity index is 160. The van der Waals surface area contributed by atoms with E-state index in [-0.39, 0.29) is 6.61 Å². The van der Waals surface area contributed by atoms with Crippen LogP contribution in [0.5, 0.6) is 0 Å². The Morgan fingerprint density at radius 3 is 2.46 bits per heavy atom. The van der Waals surface area contributed by atoms with E-state index in [1.807, 2.05) is 0 Å². The minimum Gasteiger partial charge on any atom is -0.395 e. The number of nitrogens with zero attached hydrogens (tertiary/aromatic N) is 1. The van der Waals surface area contributed by atoms with Crippen LogP contribution >= 0.6 is 0 Å². The molecule has 2 aliphatic heterocycles. The highest BCUT2D eigenvalue weighted by Gasteiger charge is 2.37. The number of aliphatic hydroxyl groups is 1. The lowest BCUT2D eigenvalue weighted by Gasteiger charge is -2.36. The van der Waals surface area contributed by atoms with Gasteiger partial charge in [0, 0.05) is 24.7 Å². The summed E-state index contributed by atoms with van der Waals surface area (Å²) in [5, 5.41) is 12.1. The van der Waals surface area contributed by atoms with Crippen LogP contribution in [0.2, 0.25) is 0 Å². The predicted molar refractivity (Wildman–Crippen MR) is 52.7 cm³/mol. The highest BCUT2D eigenvalue weighted by Crippen LogP contribution is 2.33. The molecular formula is C10H20N2O. The average molecular weight is 184 g/mol. The Kier molecular flexibility index (Phi) is 2.86. The molecule has 0 aromatic rings. The molecule has 2 N–H and O–H groups in total. The van der Waals surface area contributed by atoms with Gasteiger partial charge in [-0.15, -0.1) is 0 Å². The van der Waals surface area contributed by atoms with E-state index in [1.54, 1.807) is 0 Å². The lowest BCUT2D eigenvalue weighted by Crippen LogP contribution is -2.47. The van der Waals surface area contributed by atoms with Gasteiger partial charge >= 0.3 is 0 Å². The molecule has 0 amide bonds. The molecule has 3 heteroatoms. The van der Waals surface area contributed by atoms with Crippen molar-refractivity contribution in [2.24, 2.45) is 0 Å². The van der Waals surface area contributed by atoms with Crippen LogP contribution in [0.3, 0.4) is 0 Å². The van der Waals surface area contributed by atoms with Crippen LogP contribution in [0.1, 0.15) is 25.7 Å². The van der Waals surface area contributed by atoms with Crippen molar-refractivity contribution >= 4 is 0 Å². The van der Waals surface area contributed by atoms with Gasteiger partial charge in [-0.3, -0.25) is 0 Å². The molecule has 0 aliphatic carbocycles. The molecule has 2 aliphatic rings. The SMILES string of the molecule is CN1[C@@H]2CC[C@H]1CC(NCCO)C2. The fourth-order valence-corrected chi connectivity index (χ4v) is 2.85. The second kappa shape index (κ2) is 3.95. The number of rotatable bonds is 3. The Hall–Kier alpha value is -0.120. The number of hydrogen-bond donors (Lipinski definition) is 2. The number of aliphatic hydroxyl groups excluding tert-OH is 1. The van der Waals surface area contributed by atoms with E-state index in [0.29, 0.717) is 6.04 Å². The van der Waals surface area contributed by atoms with Crippen molar-refractivity contribution in [2.45, 2.75) is 43.8 Å². The minimum atomic E-state index is 0.266. The molecule has 0 aromatic heterocycles. The van der Waals surface area contributed by atoms with Gasteiger partial charge in [0.05, 0.1) is 6.61 Å². The third-order valence-corrected chi connectivity index (χ3v) is 3.64. The monoisotopic (exact) mass is 184 g/mol. The molecule has 2 rings (SSSR count). The van der Waals surface area contributed by atoms with E-state index in [4.69, 9.17) is 5.11 Å². The summed E-state index contributed by atoms with van der Waals surface area (Å²) in [7, 11) is 2.25. The number of nitrogens with one attached hydrogen (secondary N) is 1. The average Bonchev–Trinajstić information content (AvgIpc) is 2.41. The molecule has 2 bridgehead atoms. The van der Waals surface area contributed by atoms with Gasteiger partial charge in [0.15, 0.2) is 0 Å². The number of fused-ring (bicyclic) bond motifs is 2. The molecule has 0 spiro atoms. The van der Waals surface area contributed by atoms with E-state index in [9.17, 15) is 0 Å². The Morgan fingerprint density at radius 1 is 1.31 bits per heavy atom. The first-order valence-corrected chi connectivity index (χ1v) is 5.37. The first kappa shape index (κ1) is 9.44. The standard InChI is InChI=1S/C10H20N2O/c1-12-9-2-3-10(12)7-8(6-9)11-4-5-13/h8-11,13H,2-7H2,1H3/t8?,9-,10+. The van der Waals surface area contributed by atoms with E-state index >= 15 is 0 Å². The van der Waals surface area contributed by atoms with Gasteiger partial charge in [0.2, 0.25) is 0 Å². The van der Waals surface area contributed by atoms with Gasteiger partial charge in [-0.05, 0) is 32.7 Å². The quantitative estimate of drug-likeness (QED) is 0.657. The molecule has 0 aromatic carbocycles. The normalized spacial score (nSPS) is 39.7. The first-order chi connectivity index (χ1) is 6.31. The van der Waals surface area contributed by atoms with Gasteiger partial charge in [-0.2, -0.15) is 0 Å². The lowest BCUT2D eigenvalue weighted by atomic mass is 9.98. The summed E-state index contributed by atoms with van der Waals surface area (Å²) in [6, 6.07) is 2.26. The smallest absolute Gasteiger partial charge is 0.0556 e. The lowest BCUT2D eigenvalue weighted by molar-refractivity contribution is 0.145. The Labute approximate surface area is 80.1 Å². The van der Waals surface area contributed by atoms with Gasteiger partial charge in [-0.1, -0.05) is 0 Å². The molecule has 3 atom stereocenters. The van der Waals surface area contributed by atoms with Crippen molar-refractivity contribution in [1.82, 2.24) is 10.2 Å². The fraction of sp³-hybridized carbons (Fsp3) is 1.00. The van der Waals surface area contributed by atoms with Crippen molar-refractivity contribution in [3.63, 3.8) is 0 Å². The van der Waals surface area contributed by atoms with Crippen LogP contribution in [0.25, 0.3) is 0 Å². The third-order valence-electron chi connectivity index (χ3n) is 3.64. The molecule has 13 heavy (non-hydrogen) atoms. The van der Waals surface area contributed by atoms with Crippen LogP contribution in [0.4, 0.5) is 0 Å². The highest BCUT2D eigenvalue weighted by atomic mass is 16.3. The highest BCUT2D eigenvalue weighted by molar-refractivity contribution is 4.95. The summed E-state index contributed by atoms with van der Waals surface area (Å²) in [5.74, 6) is 0. The third kappa shape index (κ3) is 1.87. The van der Waals surface area contributed by atoms with Crippen molar-refractivity contribution in [3.8, 4) is 0 Å². The molecule has 2 saturated heterocycles. The molecular weight excluding hydrogens is 164 g/mol. The molecule has 2 heterocycles. The summed E-state index contributed by atoms with van der Waals surface area (Å²) < 4.78 is 0. The maximum atomic E-state index is 8.72. The fourth-order valence-electron chi connectivity index (χ4n) is 2.85. The topological polar surface area (TPSA) is 35.5 Å². The number of hydrogen-bond acceptors (Lipinski definition) is 3. The Balaban J connectivity index is 1.84. The van der Waals surface area contributed by atoms with Crippen LogP contribution < -0.4 is 5.32 Å². The zero-order valence-electron chi connectivity index (χ0n) is 8.37. The zero-order valence-corrected chi connectivity index (χ0v) is 8.37. The number of piperidine rings is 1. The van der Waals surface area contributed by atoms with E-state index < -0.39 is 0 Å². The van der Waals surface area contributed by atoms with E-state index in [2.05, 4.69) is 17.3 Å². The minimum absolute atomic E-state index is 0.266. The van der Waals surface area contributed by atoms with Crippen LogP contribution in [0.15, 0.2) is 0 Å². The van der Waals surface area contributed by atoms with E-state index in [0.717, 1.165) is 18.6 Å². The summed E-state index contributed by atoms with van der Waals surface area (Å²) in [6.07, 6.45) is 5.29. The molecule has 3 nitrogen and oxygen atoms in total. The summed E-state index contributed by atoms with van der Waals surface area (Å²) in [6.45, 7) is 1.02. The van der Waals surface area contributed by atoms with Crippen LogP contribution in [0, 0.1) is 0 Å². The Morgan fingerprint density at radius 2 is 1.92 bits per heavy atom. The van der Waals surface area contributed by atoms with Gasteiger partial charge < -0.3 is 15.3 Å². The van der Waals surface area contributed by atoms with Crippen molar-refractivity contribution in [1.29, 1.82) is 0 Å². The first-order valence-electron chi connectivity index (χ1n) is 5.37. The van der Waals surface area contributed by atoms with E-state index in [1.165, 1.54) is 25.7 Å². The van der Waals surface area contributed by atoms with Crippen molar-refractivity contribution < 1.29 is 5.11 Å². The summed E-state index contributed by atoms with van der Waals surface area (Å²) in [4.78, 5) is 2.54. The van der Waals surface area contributed by atoms with Gasteiger partial charge in [0.25, 0.3) is 0 Å². The van der Waals surface area contributed by atoms with Crippen LogP contribution in [-0.2, 0) is 0 Å². The largest absolute Gasteiger partial charge is 0.395 e. The predicted octanol–water partition coefficient (Wildman–Crippen LogP) is 0.193. The van der Waals surface area contributed by atoms with Crippen LogP contribution in [-0.4, -0.2) is 48.3 Å². The molecule has 1 unspecified atom stereocenters. The maximum Gasteiger partial charge on any atom is 0.0556 e. The molecule has 0 radical (unpaired) electrons. The second-order valence-corrected chi connectivity index (χ2v) is 4.40. The van der Waals surface area contributed by atoms with Gasteiger partial charge in [-0.25, -0.2) is 0 Å². The maximum absolute atomic E-state index is 8.72. The second-order valence-electron chi connectivity index (χ2n) is 4.40. The molecule has 76 valence electrons. The molecule has 2 fully saturated rings.